The summed E-state index contributed by atoms with van der Waals surface area (Å²) in [6.45, 7) is 3.40. The lowest BCUT2D eigenvalue weighted by Gasteiger charge is -2.21. The number of methoxy groups -OCH3 is 1. The first-order valence-electron chi connectivity index (χ1n) is 5.59. The molecule has 2 unspecified atom stereocenters. The summed E-state index contributed by atoms with van der Waals surface area (Å²) in [6.07, 6.45) is 0. The van der Waals surface area contributed by atoms with E-state index in [9.17, 15) is 14.4 Å². The van der Waals surface area contributed by atoms with Crippen molar-refractivity contribution >= 4 is 18.0 Å². The molecule has 0 aromatic heterocycles. The number of esters is 1. The molecule has 0 saturated heterocycles. The van der Waals surface area contributed by atoms with Gasteiger partial charge < -0.3 is 20.1 Å². The van der Waals surface area contributed by atoms with Crippen molar-refractivity contribution in [3.8, 4) is 0 Å². The topological polar surface area (TPSA) is 95.9 Å². The Hall–Kier alpha value is -1.79. The number of hydrogen-bond acceptors (Lipinski definition) is 4. The summed E-state index contributed by atoms with van der Waals surface area (Å²) in [5.41, 5.74) is 0. The van der Waals surface area contributed by atoms with E-state index in [1.54, 1.807) is 6.92 Å². The molecule has 0 heterocycles. The minimum absolute atomic E-state index is 0.0467. The van der Waals surface area contributed by atoms with Crippen LogP contribution in [0.1, 0.15) is 13.8 Å². The van der Waals surface area contributed by atoms with Gasteiger partial charge in [0.25, 0.3) is 0 Å². The van der Waals surface area contributed by atoms with Crippen LogP contribution in [0.2, 0.25) is 0 Å². The standard InChI is InChI=1S/C11H20N2O5/c1-7(9(14)15)5-12-11(17)13(3)6-8(2)10(16)18-4/h7-8H,5-6H2,1-4H3,(H,12,17)(H,14,15). The third-order valence-corrected chi connectivity index (χ3v) is 2.48. The molecular formula is C11H20N2O5. The molecule has 0 radical (unpaired) electrons. The maximum Gasteiger partial charge on any atom is 0.317 e. The third kappa shape index (κ3) is 5.51. The van der Waals surface area contributed by atoms with Crippen LogP contribution in [-0.4, -0.2) is 55.2 Å². The quantitative estimate of drug-likeness (QED) is 0.663. The van der Waals surface area contributed by atoms with Gasteiger partial charge in [-0.05, 0) is 0 Å². The van der Waals surface area contributed by atoms with Crippen LogP contribution < -0.4 is 5.32 Å². The van der Waals surface area contributed by atoms with Crippen molar-refractivity contribution < 1.29 is 24.2 Å². The number of nitrogens with zero attached hydrogens (tertiary/aromatic N) is 1. The summed E-state index contributed by atoms with van der Waals surface area (Å²) < 4.78 is 4.55. The molecule has 0 fully saturated rings. The highest BCUT2D eigenvalue weighted by molar-refractivity contribution is 5.77. The SMILES string of the molecule is COC(=O)C(C)CN(C)C(=O)NCC(C)C(=O)O. The molecule has 7 heteroatoms. The summed E-state index contributed by atoms with van der Waals surface area (Å²) in [6, 6.07) is -0.418. The minimum Gasteiger partial charge on any atom is -0.481 e. The lowest BCUT2D eigenvalue weighted by molar-refractivity contribution is -0.145. The van der Waals surface area contributed by atoms with E-state index in [2.05, 4.69) is 10.1 Å². The molecule has 2 atom stereocenters. The molecule has 0 rings (SSSR count). The van der Waals surface area contributed by atoms with Gasteiger partial charge in [-0.15, -0.1) is 0 Å². The van der Waals surface area contributed by atoms with E-state index in [-0.39, 0.29) is 13.1 Å². The molecule has 0 aliphatic heterocycles. The lowest BCUT2D eigenvalue weighted by atomic mass is 10.2. The first-order chi connectivity index (χ1) is 8.29. The van der Waals surface area contributed by atoms with E-state index < -0.39 is 29.8 Å². The summed E-state index contributed by atoms with van der Waals surface area (Å²) in [4.78, 5) is 34.6. The Morgan fingerprint density at radius 1 is 1.28 bits per heavy atom. The summed E-state index contributed by atoms with van der Waals surface area (Å²) in [7, 11) is 2.81. The van der Waals surface area contributed by atoms with Crippen LogP contribution in [0.25, 0.3) is 0 Å². The van der Waals surface area contributed by atoms with E-state index in [1.807, 2.05) is 0 Å². The number of carbonyl (C=O) groups excluding carboxylic acids is 2. The highest BCUT2D eigenvalue weighted by Crippen LogP contribution is 2.01. The Morgan fingerprint density at radius 3 is 2.28 bits per heavy atom. The fourth-order valence-corrected chi connectivity index (χ4v) is 1.23. The smallest absolute Gasteiger partial charge is 0.317 e. The molecule has 2 N–H and O–H groups in total. The van der Waals surface area contributed by atoms with Crippen molar-refractivity contribution in [2.45, 2.75) is 13.8 Å². The Morgan fingerprint density at radius 2 is 1.83 bits per heavy atom. The number of carboxylic acids is 1. The molecule has 0 aromatic carbocycles. The summed E-state index contributed by atoms with van der Waals surface area (Å²) >= 11 is 0. The van der Waals surface area contributed by atoms with Crippen molar-refractivity contribution in [3.05, 3.63) is 0 Å². The number of hydrogen-bond donors (Lipinski definition) is 2. The molecule has 0 saturated carbocycles. The first-order valence-corrected chi connectivity index (χ1v) is 5.59. The van der Waals surface area contributed by atoms with Crippen molar-refractivity contribution in [1.82, 2.24) is 10.2 Å². The van der Waals surface area contributed by atoms with Crippen molar-refractivity contribution in [2.75, 3.05) is 27.2 Å². The predicted molar refractivity (Wildman–Crippen MR) is 64.0 cm³/mol. The molecule has 0 bridgehead atoms. The Labute approximate surface area is 106 Å². The van der Waals surface area contributed by atoms with Crippen LogP contribution in [0.4, 0.5) is 4.79 Å². The third-order valence-electron chi connectivity index (χ3n) is 2.48. The molecule has 7 nitrogen and oxygen atoms in total. The number of carbonyl (C=O) groups is 3. The molecule has 0 aromatic rings. The van der Waals surface area contributed by atoms with Crippen LogP contribution >= 0.6 is 0 Å². The number of urea groups is 1. The monoisotopic (exact) mass is 260 g/mol. The number of rotatable bonds is 6. The zero-order valence-electron chi connectivity index (χ0n) is 11.1. The van der Waals surface area contributed by atoms with E-state index in [4.69, 9.17) is 5.11 Å². The van der Waals surface area contributed by atoms with E-state index in [0.29, 0.717) is 0 Å². The summed E-state index contributed by atoms with van der Waals surface area (Å²) in [5, 5.41) is 11.1. The number of amides is 2. The first kappa shape index (κ1) is 16.2. The van der Waals surface area contributed by atoms with Crippen LogP contribution in [0, 0.1) is 11.8 Å². The van der Waals surface area contributed by atoms with Gasteiger partial charge in [0.15, 0.2) is 0 Å². The van der Waals surface area contributed by atoms with Crippen LogP contribution in [-0.2, 0) is 14.3 Å². The predicted octanol–water partition coefficient (Wildman–Crippen LogP) is 0.158. The molecule has 18 heavy (non-hydrogen) atoms. The second-order valence-corrected chi connectivity index (χ2v) is 4.23. The largest absolute Gasteiger partial charge is 0.481 e. The fraction of sp³-hybridized carbons (Fsp3) is 0.727. The lowest BCUT2D eigenvalue weighted by Crippen LogP contribution is -2.43. The average molecular weight is 260 g/mol. The minimum atomic E-state index is -0.971. The van der Waals surface area contributed by atoms with Gasteiger partial charge in [-0.3, -0.25) is 9.59 Å². The highest BCUT2D eigenvalue weighted by Gasteiger charge is 2.19. The molecule has 104 valence electrons. The van der Waals surface area contributed by atoms with Crippen LogP contribution in [0.15, 0.2) is 0 Å². The number of nitrogens with one attached hydrogen (secondary N) is 1. The summed E-state index contributed by atoms with van der Waals surface area (Å²) in [5.74, 6) is -2.45. The number of carboxylic acid groups (broad SMARTS) is 1. The molecular weight excluding hydrogens is 240 g/mol. The van der Waals surface area contributed by atoms with Gasteiger partial charge in [0, 0.05) is 20.1 Å². The van der Waals surface area contributed by atoms with E-state index in [1.165, 1.54) is 26.0 Å². The number of aliphatic carboxylic acids is 1. The molecule has 0 spiro atoms. The highest BCUT2D eigenvalue weighted by atomic mass is 16.5. The molecule has 2 amide bonds. The van der Waals surface area contributed by atoms with Gasteiger partial charge in [0.05, 0.1) is 18.9 Å². The normalized spacial score (nSPS) is 13.3. The van der Waals surface area contributed by atoms with E-state index in [0.717, 1.165) is 0 Å². The Balaban J connectivity index is 4.11. The van der Waals surface area contributed by atoms with Crippen molar-refractivity contribution in [2.24, 2.45) is 11.8 Å². The van der Waals surface area contributed by atoms with Gasteiger partial charge in [0.1, 0.15) is 0 Å². The van der Waals surface area contributed by atoms with Gasteiger partial charge in [-0.1, -0.05) is 13.8 Å². The zero-order chi connectivity index (χ0) is 14.3. The molecule has 0 aliphatic rings. The van der Waals surface area contributed by atoms with Crippen molar-refractivity contribution in [3.63, 3.8) is 0 Å². The second-order valence-electron chi connectivity index (χ2n) is 4.23. The maximum absolute atomic E-state index is 11.6. The van der Waals surface area contributed by atoms with Gasteiger partial charge in [-0.25, -0.2) is 4.79 Å². The van der Waals surface area contributed by atoms with Crippen LogP contribution in [0.3, 0.4) is 0 Å². The Bertz CT molecular complexity index is 319. The number of ether oxygens (including phenoxy) is 1. The van der Waals surface area contributed by atoms with Gasteiger partial charge >= 0.3 is 18.0 Å². The average Bonchev–Trinajstić information content (AvgIpc) is 2.33. The molecule has 0 aliphatic carbocycles. The maximum atomic E-state index is 11.6. The van der Waals surface area contributed by atoms with Crippen LogP contribution in [0.5, 0.6) is 0 Å². The second kappa shape index (κ2) is 7.52. The fourth-order valence-electron chi connectivity index (χ4n) is 1.23. The van der Waals surface area contributed by atoms with Crippen molar-refractivity contribution in [1.29, 1.82) is 0 Å². The van der Waals surface area contributed by atoms with Gasteiger partial charge in [0.2, 0.25) is 0 Å². The Kier molecular flexibility index (Phi) is 6.77. The zero-order valence-corrected chi connectivity index (χ0v) is 11.1. The van der Waals surface area contributed by atoms with E-state index >= 15 is 0 Å². The van der Waals surface area contributed by atoms with Gasteiger partial charge in [-0.2, -0.15) is 0 Å².